The van der Waals surface area contributed by atoms with Crippen LogP contribution in [0.5, 0.6) is 0 Å². The van der Waals surface area contributed by atoms with Crippen molar-refractivity contribution in [3.8, 4) is 0 Å². The average molecular weight is 339 g/mol. The molecule has 0 atom stereocenters. The fourth-order valence-electron chi connectivity index (χ4n) is 3.24. The first-order chi connectivity index (χ1) is 11.2. The topological polar surface area (TPSA) is 87.7 Å². The SMILES string of the molecule is CC(C)(C)OC(=O)NCC1CCC(C(=O)N2CCNC(=O)C2)CC1. The summed E-state index contributed by atoms with van der Waals surface area (Å²) < 4.78 is 5.23. The first-order valence-corrected chi connectivity index (χ1v) is 8.77. The van der Waals surface area contributed by atoms with E-state index in [1.54, 1.807) is 4.90 Å². The number of piperazine rings is 1. The minimum Gasteiger partial charge on any atom is -0.444 e. The molecule has 1 saturated carbocycles. The van der Waals surface area contributed by atoms with Crippen molar-refractivity contribution in [3.05, 3.63) is 0 Å². The van der Waals surface area contributed by atoms with Crippen LogP contribution in [-0.4, -0.2) is 54.6 Å². The third kappa shape index (κ3) is 5.69. The van der Waals surface area contributed by atoms with Crippen molar-refractivity contribution in [2.75, 3.05) is 26.2 Å². The normalized spacial score (nSPS) is 25.0. The number of alkyl carbamates (subject to hydrolysis) is 1. The number of rotatable bonds is 3. The molecule has 0 spiro atoms. The maximum Gasteiger partial charge on any atom is 0.407 e. The second kappa shape index (κ2) is 7.85. The van der Waals surface area contributed by atoms with Crippen molar-refractivity contribution in [1.82, 2.24) is 15.5 Å². The largest absolute Gasteiger partial charge is 0.444 e. The minimum absolute atomic E-state index is 0.00803. The van der Waals surface area contributed by atoms with E-state index in [2.05, 4.69) is 10.6 Å². The molecule has 7 heteroatoms. The maximum atomic E-state index is 12.5. The van der Waals surface area contributed by atoms with Gasteiger partial charge in [-0.25, -0.2) is 4.79 Å². The van der Waals surface area contributed by atoms with Gasteiger partial charge in [0, 0.05) is 25.6 Å². The maximum absolute atomic E-state index is 12.5. The second-order valence-electron chi connectivity index (χ2n) is 7.71. The van der Waals surface area contributed by atoms with E-state index in [1.807, 2.05) is 20.8 Å². The Morgan fingerprint density at radius 2 is 1.92 bits per heavy atom. The summed E-state index contributed by atoms with van der Waals surface area (Å²) in [5.74, 6) is 0.410. The van der Waals surface area contributed by atoms with Crippen molar-refractivity contribution >= 4 is 17.9 Å². The summed E-state index contributed by atoms with van der Waals surface area (Å²) >= 11 is 0. The zero-order valence-electron chi connectivity index (χ0n) is 14.9. The molecule has 0 radical (unpaired) electrons. The summed E-state index contributed by atoms with van der Waals surface area (Å²) in [5.41, 5.74) is -0.491. The van der Waals surface area contributed by atoms with Crippen LogP contribution < -0.4 is 10.6 Å². The predicted octanol–water partition coefficient (Wildman–Crippen LogP) is 1.28. The van der Waals surface area contributed by atoms with Crippen LogP contribution in [-0.2, 0) is 14.3 Å². The number of amides is 3. The van der Waals surface area contributed by atoms with Crippen LogP contribution in [0.2, 0.25) is 0 Å². The van der Waals surface area contributed by atoms with Crippen molar-refractivity contribution in [1.29, 1.82) is 0 Å². The molecule has 7 nitrogen and oxygen atoms in total. The molecular formula is C17H29N3O4. The Kier molecular flexibility index (Phi) is 6.07. The molecule has 2 rings (SSSR count). The molecule has 0 aromatic carbocycles. The minimum atomic E-state index is -0.491. The van der Waals surface area contributed by atoms with Crippen molar-refractivity contribution in [3.63, 3.8) is 0 Å². The molecule has 0 bridgehead atoms. The fourth-order valence-corrected chi connectivity index (χ4v) is 3.24. The van der Waals surface area contributed by atoms with Crippen LogP contribution in [0.3, 0.4) is 0 Å². The summed E-state index contributed by atoms with van der Waals surface area (Å²) in [7, 11) is 0. The number of hydrogen-bond donors (Lipinski definition) is 2. The number of hydrogen-bond acceptors (Lipinski definition) is 4. The first kappa shape index (κ1) is 18.5. The van der Waals surface area contributed by atoms with E-state index < -0.39 is 5.60 Å². The molecule has 2 N–H and O–H groups in total. The molecule has 2 aliphatic rings. The van der Waals surface area contributed by atoms with Gasteiger partial charge in [0.2, 0.25) is 11.8 Å². The van der Waals surface area contributed by atoms with Crippen LogP contribution in [0.1, 0.15) is 46.5 Å². The molecule has 2 fully saturated rings. The van der Waals surface area contributed by atoms with Gasteiger partial charge in [-0.3, -0.25) is 9.59 Å². The smallest absolute Gasteiger partial charge is 0.407 e. The third-order valence-electron chi connectivity index (χ3n) is 4.48. The van der Waals surface area contributed by atoms with Gasteiger partial charge >= 0.3 is 6.09 Å². The lowest BCUT2D eigenvalue weighted by Crippen LogP contribution is -2.52. The van der Waals surface area contributed by atoms with Gasteiger partial charge in [0.1, 0.15) is 5.60 Å². The zero-order chi connectivity index (χ0) is 17.7. The summed E-state index contributed by atoms with van der Waals surface area (Å²) in [4.78, 5) is 37.2. The number of nitrogens with one attached hydrogen (secondary N) is 2. The molecule has 24 heavy (non-hydrogen) atoms. The number of carbonyl (C=O) groups is 3. The lowest BCUT2D eigenvalue weighted by Gasteiger charge is -2.33. The Labute approximate surface area is 143 Å². The van der Waals surface area contributed by atoms with Gasteiger partial charge in [-0.05, 0) is 52.4 Å². The fraction of sp³-hybridized carbons (Fsp3) is 0.824. The summed E-state index contributed by atoms with van der Waals surface area (Å²) in [6.45, 7) is 7.42. The highest BCUT2D eigenvalue weighted by Gasteiger charge is 2.31. The van der Waals surface area contributed by atoms with Gasteiger partial charge in [0.15, 0.2) is 0 Å². The molecule has 1 aliphatic carbocycles. The van der Waals surface area contributed by atoms with E-state index in [9.17, 15) is 14.4 Å². The Morgan fingerprint density at radius 3 is 2.50 bits per heavy atom. The standard InChI is InChI=1S/C17H29N3O4/c1-17(2,3)24-16(23)19-10-12-4-6-13(7-5-12)15(22)20-9-8-18-14(21)11-20/h12-13H,4-11H2,1-3H3,(H,18,21)(H,19,23). The molecule has 0 aromatic rings. The molecule has 1 heterocycles. The van der Waals surface area contributed by atoms with Crippen LogP contribution in [0.4, 0.5) is 4.79 Å². The van der Waals surface area contributed by atoms with Crippen LogP contribution in [0.25, 0.3) is 0 Å². The second-order valence-corrected chi connectivity index (χ2v) is 7.71. The molecule has 0 aromatic heterocycles. The van der Waals surface area contributed by atoms with Gasteiger partial charge < -0.3 is 20.3 Å². The van der Waals surface area contributed by atoms with Crippen molar-refractivity contribution in [2.24, 2.45) is 11.8 Å². The van der Waals surface area contributed by atoms with E-state index in [1.165, 1.54) is 0 Å². The Morgan fingerprint density at radius 1 is 1.25 bits per heavy atom. The van der Waals surface area contributed by atoms with Crippen LogP contribution in [0.15, 0.2) is 0 Å². The molecule has 0 unspecified atom stereocenters. The third-order valence-corrected chi connectivity index (χ3v) is 4.48. The van der Waals surface area contributed by atoms with Gasteiger partial charge in [-0.1, -0.05) is 0 Å². The lowest BCUT2D eigenvalue weighted by molar-refractivity contribution is -0.142. The first-order valence-electron chi connectivity index (χ1n) is 8.77. The Balaban J connectivity index is 1.70. The highest BCUT2D eigenvalue weighted by molar-refractivity contribution is 5.87. The van der Waals surface area contributed by atoms with Crippen LogP contribution >= 0.6 is 0 Å². The summed E-state index contributed by atoms with van der Waals surface area (Å²) in [6.07, 6.45) is 3.06. The number of ether oxygens (including phenoxy) is 1. The molecule has 1 saturated heterocycles. The van der Waals surface area contributed by atoms with E-state index >= 15 is 0 Å². The number of nitrogens with zero attached hydrogens (tertiary/aromatic N) is 1. The van der Waals surface area contributed by atoms with Crippen LogP contribution in [0, 0.1) is 11.8 Å². The van der Waals surface area contributed by atoms with E-state index in [4.69, 9.17) is 4.74 Å². The summed E-state index contributed by atoms with van der Waals surface area (Å²) in [5, 5.41) is 5.55. The van der Waals surface area contributed by atoms with E-state index in [-0.39, 0.29) is 30.4 Å². The van der Waals surface area contributed by atoms with Gasteiger partial charge in [0.05, 0.1) is 6.54 Å². The Bertz CT molecular complexity index is 479. The van der Waals surface area contributed by atoms with Crippen molar-refractivity contribution in [2.45, 2.75) is 52.1 Å². The average Bonchev–Trinajstić information content (AvgIpc) is 2.51. The number of carbonyl (C=O) groups excluding carboxylic acids is 3. The molecular weight excluding hydrogens is 310 g/mol. The molecule has 136 valence electrons. The van der Waals surface area contributed by atoms with E-state index in [0.29, 0.717) is 25.6 Å². The van der Waals surface area contributed by atoms with Gasteiger partial charge in [-0.2, -0.15) is 0 Å². The summed E-state index contributed by atoms with van der Waals surface area (Å²) in [6, 6.07) is 0. The molecule has 3 amide bonds. The van der Waals surface area contributed by atoms with Gasteiger partial charge in [0.25, 0.3) is 0 Å². The monoisotopic (exact) mass is 339 g/mol. The van der Waals surface area contributed by atoms with Gasteiger partial charge in [-0.15, -0.1) is 0 Å². The quantitative estimate of drug-likeness (QED) is 0.811. The predicted molar refractivity (Wildman–Crippen MR) is 89.3 cm³/mol. The van der Waals surface area contributed by atoms with E-state index in [0.717, 1.165) is 25.7 Å². The Hall–Kier alpha value is -1.79. The highest BCUT2D eigenvalue weighted by Crippen LogP contribution is 2.30. The molecule has 1 aliphatic heterocycles. The zero-order valence-corrected chi connectivity index (χ0v) is 14.9. The van der Waals surface area contributed by atoms with Crippen molar-refractivity contribution < 1.29 is 19.1 Å². The lowest BCUT2D eigenvalue weighted by atomic mass is 9.81. The highest BCUT2D eigenvalue weighted by atomic mass is 16.6.